The molecule has 0 aromatic heterocycles. The smallest absolute Gasteiger partial charge is 0.335 e. The van der Waals surface area contributed by atoms with E-state index in [0.29, 0.717) is 12.2 Å². The van der Waals surface area contributed by atoms with Gasteiger partial charge in [-0.3, -0.25) is 0 Å². The van der Waals surface area contributed by atoms with Crippen molar-refractivity contribution >= 4 is 11.7 Å². The molecule has 0 radical (unpaired) electrons. The molecule has 4 heteroatoms. The zero-order chi connectivity index (χ0) is 13.7. The fourth-order valence-electron chi connectivity index (χ4n) is 1.68. The Labute approximate surface area is 108 Å². The molecule has 0 aliphatic rings. The van der Waals surface area contributed by atoms with E-state index in [1.807, 2.05) is 40.0 Å². The van der Waals surface area contributed by atoms with E-state index < -0.39 is 5.97 Å². The molecular weight excluding hydrogens is 230 g/mol. The van der Waals surface area contributed by atoms with Gasteiger partial charge in [0.1, 0.15) is 0 Å². The quantitative estimate of drug-likeness (QED) is 0.844. The van der Waals surface area contributed by atoms with Crippen LogP contribution < -0.4 is 4.90 Å². The van der Waals surface area contributed by atoms with Gasteiger partial charge in [0.25, 0.3) is 0 Å². The van der Waals surface area contributed by atoms with Crippen molar-refractivity contribution in [2.24, 2.45) is 0 Å². The number of ether oxygens (including phenoxy) is 1. The van der Waals surface area contributed by atoms with Crippen LogP contribution in [-0.2, 0) is 4.74 Å². The van der Waals surface area contributed by atoms with Crippen molar-refractivity contribution in [2.45, 2.75) is 26.9 Å². The van der Waals surface area contributed by atoms with Gasteiger partial charge in [-0.05, 0) is 44.5 Å². The lowest BCUT2D eigenvalue weighted by Gasteiger charge is -2.21. The first-order chi connectivity index (χ1) is 8.41. The fraction of sp³-hybridized carbons (Fsp3) is 0.500. The monoisotopic (exact) mass is 251 g/mol. The zero-order valence-electron chi connectivity index (χ0n) is 11.4. The number of aryl methyl sites for hydroxylation is 1. The number of carboxylic acid groups (broad SMARTS) is 1. The third kappa shape index (κ3) is 4.04. The van der Waals surface area contributed by atoms with E-state index in [2.05, 4.69) is 4.90 Å². The molecule has 0 aliphatic carbocycles. The highest BCUT2D eigenvalue weighted by Crippen LogP contribution is 2.18. The van der Waals surface area contributed by atoms with Gasteiger partial charge in [-0.2, -0.15) is 0 Å². The van der Waals surface area contributed by atoms with Gasteiger partial charge < -0.3 is 14.7 Å². The van der Waals surface area contributed by atoms with Crippen molar-refractivity contribution in [1.82, 2.24) is 0 Å². The van der Waals surface area contributed by atoms with Crippen LogP contribution in [0, 0.1) is 6.92 Å². The predicted octanol–water partition coefficient (Wildman–Crippen LogP) is 2.55. The summed E-state index contributed by atoms with van der Waals surface area (Å²) in [6.45, 7) is 7.26. The second-order valence-corrected chi connectivity index (χ2v) is 4.65. The van der Waals surface area contributed by atoms with Gasteiger partial charge in [-0.1, -0.05) is 0 Å². The Hall–Kier alpha value is -1.55. The molecule has 0 saturated heterocycles. The average molecular weight is 251 g/mol. The van der Waals surface area contributed by atoms with Gasteiger partial charge in [0, 0.05) is 19.3 Å². The van der Waals surface area contributed by atoms with Crippen LogP contribution in [0.3, 0.4) is 0 Å². The van der Waals surface area contributed by atoms with E-state index >= 15 is 0 Å². The maximum Gasteiger partial charge on any atom is 0.335 e. The van der Waals surface area contributed by atoms with E-state index in [0.717, 1.165) is 17.8 Å². The number of carbonyl (C=O) groups is 1. The van der Waals surface area contributed by atoms with Crippen LogP contribution in [0.15, 0.2) is 18.2 Å². The second kappa shape index (κ2) is 6.40. The number of hydrogen-bond acceptors (Lipinski definition) is 3. The Morgan fingerprint density at radius 3 is 2.61 bits per heavy atom. The lowest BCUT2D eigenvalue weighted by atomic mass is 10.1. The topological polar surface area (TPSA) is 49.8 Å². The SMILES string of the molecule is Cc1cc(N(C)CCOC(C)C)ccc1C(=O)O. The molecule has 4 nitrogen and oxygen atoms in total. The summed E-state index contributed by atoms with van der Waals surface area (Å²) in [5, 5.41) is 8.96. The number of nitrogens with zero attached hydrogens (tertiary/aromatic N) is 1. The molecule has 0 bridgehead atoms. The number of hydrogen-bond donors (Lipinski definition) is 1. The predicted molar refractivity (Wildman–Crippen MR) is 72.5 cm³/mol. The van der Waals surface area contributed by atoms with Gasteiger partial charge >= 0.3 is 5.97 Å². The Morgan fingerprint density at radius 1 is 1.44 bits per heavy atom. The Balaban J connectivity index is 2.66. The van der Waals surface area contributed by atoms with Crippen LogP contribution in [0.5, 0.6) is 0 Å². The van der Waals surface area contributed by atoms with Crippen molar-refractivity contribution in [2.75, 3.05) is 25.1 Å². The molecule has 100 valence electrons. The van der Waals surface area contributed by atoms with Crippen molar-refractivity contribution < 1.29 is 14.6 Å². The van der Waals surface area contributed by atoms with E-state index in [-0.39, 0.29) is 6.10 Å². The minimum atomic E-state index is -0.884. The van der Waals surface area contributed by atoms with Gasteiger partial charge in [-0.25, -0.2) is 4.79 Å². The fourth-order valence-corrected chi connectivity index (χ4v) is 1.68. The summed E-state index contributed by atoms with van der Waals surface area (Å²) in [6, 6.07) is 5.36. The van der Waals surface area contributed by atoms with Gasteiger partial charge in [0.05, 0.1) is 18.3 Å². The Morgan fingerprint density at radius 2 is 2.11 bits per heavy atom. The molecule has 1 rings (SSSR count). The summed E-state index contributed by atoms with van der Waals surface area (Å²) in [7, 11) is 1.97. The van der Waals surface area contributed by atoms with E-state index in [9.17, 15) is 4.79 Å². The number of anilines is 1. The molecule has 0 fully saturated rings. The number of benzene rings is 1. The maximum absolute atomic E-state index is 10.9. The molecule has 18 heavy (non-hydrogen) atoms. The largest absolute Gasteiger partial charge is 0.478 e. The Bertz CT molecular complexity index is 416. The molecule has 0 saturated carbocycles. The third-order valence-corrected chi connectivity index (χ3v) is 2.76. The molecule has 0 amide bonds. The number of likely N-dealkylation sites (N-methyl/N-ethyl adjacent to an activating group) is 1. The summed E-state index contributed by atoms with van der Waals surface area (Å²) in [6.07, 6.45) is 0.231. The van der Waals surface area contributed by atoms with Crippen molar-refractivity contribution in [3.8, 4) is 0 Å². The first-order valence-electron chi connectivity index (χ1n) is 6.08. The summed E-state index contributed by atoms with van der Waals surface area (Å²) in [4.78, 5) is 13.0. The molecule has 0 spiro atoms. The highest BCUT2D eigenvalue weighted by Gasteiger charge is 2.09. The first kappa shape index (κ1) is 14.5. The van der Waals surface area contributed by atoms with Gasteiger partial charge in [-0.15, -0.1) is 0 Å². The lowest BCUT2D eigenvalue weighted by molar-refractivity contribution is 0.0696. The summed E-state index contributed by atoms with van der Waals surface area (Å²) in [5.74, 6) is -0.884. The molecule has 0 unspecified atom stereocenters. The van der Waals surface area contributed by atoms with E-state index in [1.165, 1.54) is 0 Å². The standard InChI is InChI=1S/C14H21NO3/c1-10(2)18-8-7-15(4)12-5-6-13(14(16)17)11(3)9-12/h5-6,9-10H,7-8H2,1-4H3,(H,16,17). The highest BCUT2D eigenvalue weighted by molar-refractivity contribution is 5.89. The minimum absolute atomic E-state index is 0.231. The van der Waals surface area contributed by atoms with Crippen molar-refractivity contribution in [3.63, 3.8) is 0 Å². The van der Waals surface area contributed by atoms with Crippen LogP contribution in [-0.4, -0.2) is 37.4 Å². The summed E-state index contributed by atoms with van der Waals surface area (Å²) < 4.78 is 5.49. The molecule has 1 aromatic rings. The molecule has 0 atom stereocenters. The van der Waals surface area contributed by atoms with Crippen LogP contribution in [0.25, 0.3) is 0 Å². The molecule has 0 heterocycles. The minimum Gasteiger partial charge on any atom is -0.478 e. The molecule has 1 N–H and O–H groups in total. The number of rotatable bonds is 6. The molecule has 0 aliphatic heterocycles. The average Bonchev–Trinajstić information content (AvgIpc) is 2.27. The highest BCUT2D eigenvalue weighted by atomic mass is 16.5. The Kier molecular flexibility index (Phi) is 5.16. The number of carboxylic acids is 1. The van der Waals surface area contributed by atoms with E-state index in [1.54, 1.807) is 6.07 Å². The number of aromatic carboxylic acids is 1. The van der Waals surface area contributed by atoms with Crippen LogP contribution in [0.2, 0.25) is 0 Å². The van der Waals surface area contributed by atoms with E-state index in [4.69, 9.17) is 9.84 Å². The van der Waals surface area contributed by atoms with Crippen molar-refractivity contribution in [3.05, 3.63) is 29.3 Å². The lowest BCUT2D eigenvalue weighted by Crippen LogP contribution is -2.24. The normalized spacial score (nSPS) is 10.7. The van der Waals surface area contributed by atoms with Crippen LogP contribution >= 0.6 is 0 Å². The first-order valence-corrected chi connectivity index (χ1v) is 6.08. The van der Waals surface area contributed by atoms with Gasteiger partial charge in [0.2, 0.25) is 0 Å². The van der Waals surface area contributed by atoms with Gasteiger partial charge in [0.15, 0.2) is 0 Å². The van der Waals surface area contributed by atoms with Crippen LogP contribution in [0.4, 0.5) is 5.69 Å². The molecular formula is C14H21NO3. The van der Waals surface area contributed by atoms with Crippen molar-refractivity contribution in [1.29, 1.82) is 0 Å². The summed E-state index contributed by atoms with van der Waals surface area (Å²) >= 11 is 0. The summed E-state index contributed by atoms with van der Waals surface area (Å²) in [5.41, 5.74) is 2.13. The second-order valence-electron chi connectivity index (χ2n) is 4.65. The van der Waals surface area contributed by atoms with Crippen LogP contribution in [0.1, 0.15) is 29.8 Å². The molecule has 1 aromatic carbocycles. The zero-order valence-corrected chi connectivity index (χ0v) is 11.4. The maximum atomic E-state index is 10.9. The third-order valence-electron chi connectivity index (χ3n) is 2.76.